The predicted molar refractivity (Wildman–Crippen MR) is 32.6 cm³/mol. The molecule has 0 aliphatic carbocycles. The van der Waals surface area contributed by atoms with Crippen molar-refractivity contribution < 1.29 is 34.3 Å². The van der Waals surface area contributed by atoms with Gasteiger partial charge in [0.2, 0.25) is 0 Å². The maximum Gasteiger partial charge on any atom is 2.00 e. The number of nitrogens with one attached hydrogen (secondary N) is 2. The molecule has 0 aromatic heterocycles. The van der Waals surface area contributed by atoms with E-state index in [1.165, 1.54) is 0 Å². The number of hydrogen-bond donors (Lipinski definition) is 2. The minimum Gasteiger partial charge on any atom is -0.679 e. The van der Waals surface area contributed by atoms with Gasteiger partial charge in [-0.2, -0.15) is 21.5 Å². The molecule has 65 valence electrons. The van der Waals surface area contributed by atoms with Gasteiger partial charge < -0.3 is 11.5 Å². The summed E-state index contributed by atoms with van der Waals surface area (Å²) in [7, 11) is -4.67. The van der Waals surface area contributed by atoms with Gasteiger partial charge in [-0.25, -0.2) is 0 Å². The van der Waals surface area contributed by atoms with Crippen LogP contribution >= 0.6 is 0 Å². The van der Waals surface area contributed by atoms with Crippen LogP contribution in [-0.2, 0) is 27.2 Å². The van der Waals surface area contributed by atoms with E-state index in [-0.39, 0.29) is 29.9 Å². The molecule has 1 radical (unpaired) electrons. The zero-order valence-corrected chi connectivity index (χ0v) is 6.72. The Balaban J connectivity index is -0.0000000910. The van der Waals surface area contributed by atoms with E-state index in [9.17, 15) is 0 Å². The minimum atomic E-state index is -4.67. The van der Waals surface area contributed by atoms with Gasteiger partial charge in [0.1, 0.15) is 0 Å². The summed E-state index contributed by atoms with van der Waals surface area (Å²) in [6.45, 7) is 0.472. The Morgan fingerprint density at radius 3 is 1.20 bits per heavy atom. The summed E-state index contributed by atoms with van der Waals surface area (Å²) in [5.74, 6) is 0. The van der Waals surface area contributed by atoms with E-state index in [4.69, 9.17) is 29.0 Å². The summed E-state index contributed by atoms with van der Waals surface area (Å²) in [5.41, 5.74) is 12.5. The van der Waals surface area contributed by atoms with Crippen molar-refractivity contribution in [2.45, 2.75) is 0 Å². The molecule has 0 heterocycles. The standard InChI is InChI=1S/C2H6N2.Co.H2O4S/c3-1-2-4;;1-5(2,3)4/h3-4H,1-2H2;;(H2,1,2,3,4)/q-2;+2;. The Morgan fingerprint density at radius 1 is 1.10 bits per heavy atom. The zero-order chi connectivity index (χ0) is 7.91. The second-order valence-electron chi connectivity index (χ2n) is 0.948. The molecule has 0 aliphatic rings. The van der Waals surface area contributed by atoms with Crippen molar-refractivity contribution in [2.24, 2.45) is 0 Å². The monoisotopic (exact) mass is 215 g/mol. The van der Waals surface area contributed by atoms with E-state index in [1.54, 1.807) is 0 Å². The minimum absolute atomic E-state index is 0. The SMILES string of the molecule is O=S(=O)(O)O.[Co+2].[NH-]CC[NH-]. The predicted octanol–water partition coefficient (Wildman–Crippen LogP) is 0.436. The summed E-state index contributed by atoms with van der Waals surface area (Å²) >= 11 is 0. The van der Waals surface area contributed by atoms with Crippen molar-refractivity contribution in [2.75, 3.05) is 13.1 Å². The van der Waals surface area contributed by atoms with Crippen molar-refractivity contribution in [3.63, 3.8) is 0 Å². The van der Waals surface area contributed by atoms with E-state index in [0.717, 1.165) is 0 Å². The Kier molecular flexibility index (Phi) is 15.5. The van der Waals surface area contributed by atoms with Gasteiger partial charge in [0, 0.05) is 0 Å². The first-order valence-corrected chi connectivity index (χ1v) is 3.30. The summed E-state index contributed by atoms with van der Waals surface area (Å²) < 4.78 is 31.6. The van der Waals surface area contributed by atoms with Crippen LogP contribution in [-0.4, -0.2) is 30.6 Å². The van der Waals surface area contributed by atoms with Crippen LogP contribution in [0.15, 0.2) is 0 Å². The number of rotatable bonds is 1. The van der Waals surface area contributed by atoms with E-state index >= 15 is 0 Å². The van der Waals surface area contributed by atoms with E-state index in [0.29, 0.717) is 0 Å². The molecule has 6 nitrogen and oxygen atoms in total. The summed E-state index contributed by atoms with van der Waals surface area (Å²) in [6.07, 6.45) is 0. The molecule has 0 saturated heterocycles. The van der Waals surface area contributed by atoms with Crippen molar-refractivity contribution in [1.82, 2.24) is 0 Å². The molecular formula is C2H8CoN2O4S. The summed E-state index contributed by atoms with van der Waals surface area (Å²) in [6, 6.07) is 0. The average molecular weight is 215 g/mol. The van der Waals surface area contributed by atoms with Gasteiger partial charge in [-0.05, 0) is 0 Å². The fraction of sp³-hybridized carbons (Fsp3) is 1.00. The first-order valence-electron chi connectivity index (χ1n) is 1.91. The van der Waals surface area contributed by atoms with Gasteiger partial charge in [0.15, 0.2) is 0 Å². The maximum atomic E-state index is 8.74. The molecule has 0 rings (SSSR count). The molecule has 4 N–H and O–H groups in total. The van der Waals surface area contributed by atoms with Crippen molar-refractivity contribution in [3.05, 3.63) is 11.5 Å². The molecule has 0 amide bonds. The van der Waals surface area contributed by atoms with Gasteiger partial charge >= 0.3 is 27.2 Å². The van der Waals surface area contributed by atoms with Crippen LogP contribution in [0.1, 0.15) is 0 Å². The molecule has 8 heteroatoms. The van der Waals surface area contributed by atoms with Crippen LogP contribution in [0.25, 0.3) is 11.5 Å². The van der Waals surface area contributed by atoms with Gasteiger partial charge in [-0.3, -0.25) is 9.11 Å². The zero-order valence-electron chi connectivity index (χ0n) is 4.87. The Hall–Kier alpha value is 0.296. The molecule has 0 atom stereocenters. The normalized spacial score (nSPS) is 8.80. The first-order chi connectivity index (χ1) is 3.91. The second kappa shape index (κ2) is 9.30. The van der Waals surface area contributed by atoms with Gasteiger partial charge in [-0.1, -0.05) is 0 Å². The van der Waals surface area contributed by atoms with Crippen LogP contribution in [0.5, 0.6) is 0 Å². The molecule has 0 aliphatic heterocycles. The Morgan fingerprint density at radius 2 is 1.20 bits per heavy atom. The Bertz CT molecular complexity index is 124. The summed E-state index contributed by atoms with van der Waals surface area (Å²) in [4.78, 5) is 0. The number of hydrogen-bond acceptors (Lipinski definition) is 2. The third-order valence-electron chi connectivity index (χ3n) is 0.125. The van der Waals surface area contributed by atoms with E-state index in [2.05, 4.69) is 0 Å². The molecule has 10 heavy (non-hydrogen) atoms. The van der Waals surface area contributed by atoms with Crippen molar-refractivity contribution in [1.29, 1.82) is 0 Å². The van der Waals surface area contributed by atoms with Gasteiger partial charge in [-0.15, -0.1) is 0 Å². The van der Waals surface area contributed by atoms with E-state index < -0.39 is 10.4 Å². The quantitative estimate of drug-likeness (QED) is 0.615. The molecule has 0 bridgehead atoms. The molecule has 0 saturated carbocycles. The maximum absolute atomic E-state index is 8.74. The third kappa shape index (κ3) is 263. The van der Waals surface area contributed by atoms with Crippen molar-refractivity contribution in [3.8, 4) is 0 Å². The van der Waals surface area contributed by atoms with Gasteiger partial charge in [0.05, 0.1) is 0 Å². The van der Waals surface area contributed by atoms with Crippen LogP contribution in [0.2, 0.25) is 0 Å². The molecule has 0 unspecified atom stereocenters. The van der Waals surface area contributed by atoms with Crippen LogP contribution in [0.4, 0.5) is 0 Å². The molecule has 0 spiro atoms. The molecule has 0 aromatic carbocycles. The fourth-order valence-corrected chi connectivity index (χ4v) is 0. The second-order valence-corrected chi connectivity index (χ2v) is 1.84. The fourth-order valence-electron chi connectivity index (χ4n) is 0. The van der Waals surface area contributed by atoms with Crippen molar-refractivity contribution >= 4 is 10.4 Å². The molecular weight excluding hydrogens is 207 g/mol. The van der Waals surface area contributed by atoms with E-state index in [1.807, 2.05) is 0 Å². The van der Waals surface area contributed by atoms with Crippen LogP contribution in [0.3, 0.4) is 0 Å². The first kappa shape index (κ1) is 16.7. The molecule has 0 fully saturated rings. The Labute approximate surface area is 69.7 Å². The average Bonchev–Trinajstić information content (AvgIpc) is 1.61. The van der Waals surface area contributed by atoms with Crippen LogP contribution in [0, 0.1) is 0 Å². The smallest absolute Gasteiger partial charge is 0.679 e. The largest absolute Gasteiger partial charge is 2.00 e. The summed E-state index contributed by atoms with van der Waals surface area (Å²) in [5, 5.41) is 0. The molecule has 0 aromatic rings. The topological polar surface area (TPSA) is 122 Å². The van der Waals surface area contributed by atoms with Gasteiger partial charge in [0.25, 0.3) is 0 Å². The third-order valence-corrected chi connectivity index (χ3v) is 0.125. The van der Waals surface area contributed by atoms with Crippen LogP contribution < -0.4 is 0 Å².